The lowest BCUT2D eigenvalue weighted by molar-refractivity contribution is 0.0730. The fraction of sp³-hybridized carbons (Fsp3) is 0.316. The normalized spacial score (nSPS) is 16.5. The van der Waals surface area contributed by atoms with Crippen LogP contribution < -0.4 is 5.32 Å². The number of nitrogens with zero attached hydrogens (tertiary/aromatic N) is 1. The number of morpholine rings is 1. The first kappa shape index (κ1) is 20.4. The van der Waals surface area contributed by atoms with Gasteiger partial charge in [0.1, 0.15) is 11.6 Å². The number of benzene rings is 2. The number of sulfonamides is 1. The zero-order valence-corrected chi connectivity index (χ0v) is 16.0. The van der Waals surface area contributed by atoms with Crippen molar-refractivity contribution in [3.63, 3.8) is 0 Å². The molecule has 0 spiro atoms. The molecular formula is C19H20F2N2O4S. The van der Waals surface area contributed by atoms with E-state index < -0.39 is 33.6 Å². The molecule has 0 saturated carbocycles. The fourth-order valence-corrected chi connectivity index (χ4v) is 4.40. The number of halogens is 2. The molecule has 150 valence electrons. The topological polar surface area (TPSA) is 75.7 Å². The van der Waals surface area contributed by atoms with Crippen molar-refractivity contribution in [2.24, 2.45) is 0 Å². The van der Waals surface area contributed by atoms with Gasteiger partial charge in [-0.3, -0.25) is 4.79 Å². The third-order valence-corrected chi connectivity index (χ3v) is 6.38. The fourth-order valence-electron chi connectivity index (χ4n) is 2.94. The summed E-state index contributed by atoms with van der Waals surface area (Å²) in [7, 11) is -3.74. The molecule has 1 aliphatic rings. The largest absolute Gasteiger partial charge is 0.379 e. The van der Waals surface area contributed by atoms with Gasteiger partial charge >= 0.3 is 0 Å². The van der Waals surface area contributed by atoms with Crippen LogP contribution in [0.3, 0.4) is 0 Å². The van der Waals surface area contributed by atoms with E-state index in [1.54, 1.807) is 6.92 Å². The van der Waals surface area contributed by atoms with E-state index in [1.807, 2.05) is 0 Å². The van der Waals surface area contributed by atoms with Crippen LogP contribution in [-0.4, -0.2) is 44.9 Å². The predicted octanol–water partition coefficient (Wildman–Crippen LogP) is 2.48. The van der Waals surface area contributed by atoms with Gasteiger partial charge in [-0.25, -0.2) is 17.2 Å². The molecule has 6 nitrogen and oxygen atoms in total. The highest BCUT2D eigenvalue weighted by molar-refractivity contribution is 7.89. The lowest BCUT2D eigenvalue weighted by atomic mass is 10.1. The van der Waals surface area contributed by atoms with Gasteiger partial charge in [0, 0.05) is 30.3 Å². The summed E-state index contributed by atoms with van der Waals surface area (Å²) >= 11 is 0. The summed E-state index contributed by atoms with van der Waals surface area (Å²) in [6, 6.07) is 8.04. The molecular weight excluding hydrogens is 390 g/mol. The third-order valence-electron chi connectivity index (χ3n) is 4.48. The Morgan fingerprint density at radius 3 is 2.54 bits per heavy atom. The monoisotopic (exact) mass is 410 g/mol. The number of hydrogen-bond acceptors (Lipinski definition) is 4. The molecule has 0 bridgehead atoms. The number of hydrogen-bond donors (Lipinski definition) is 1. The van der Waals surface area contributed by atoms with Gasteiger partial charge in [-0.2, -0.15) is 4.31 Å². The van der Waals surface area contributed by atoms with Crippen LogP contribution in [0.25, 0.3) is 0 Å². The Kier molecular flexibility index (Phi) is 6.07. The molecule has 2 aromatic rings. The molecule has 0 aromatic heterocycles. The van der Waals surface area contributed by atoms with E-state index in [9.17, 15) is 22.0 Å². The maximum atomic E-state index is 13.9. The highest BCUT2D eigenvalue weighted by Gasteiger charge is 2.27. The van der Waals surface area contributed by atoms with Gasteiger partial charge in [-0.05, 0) is 31.2 Å². The van der Waals surface area contributed by atoms with E-state index in [4.69, 9.17) is 4.74 Å². The van der Waals surface area contributed by atoms with E-state index in [0.29, 0.717) is 13.2 Å². The minimum atomic E-state index is -3.74. The quantitative estimate of drug-likeness (QED) is 0.822. The van der Waals surface area contributed by atoms with Gasteiger partial charge in [0.25, 0.3) is 5.91 Å². The first-order valence-corrected chi connectivity index (χ1v) is 10.2. The zero-order valence-electron chi connectivity index (χ0n) is 15.2. The summed E-state index contributed by atoms with van der Waals surface area (Å²) in [4.78, 5) is 12.5. The third kappa shape index (κ3) is 4.37. The predicted molar refractivity (Wildman–Crippen MR) is 98.3 cm³/mol. The van der Waals surface area contributed by atoms with Crippen molar-refractivity contribution in [3.05, 3.63) is 65.2 Å². The summed E-state index contributed by atoms with van der Waals surface area (Å²) in [5.74, 6) is -2.03. The van der Waals surface area contributed by atoms with Gasteiger partial charge in [0.05, 0.1) is 24.2 Å². The minimum Gasteiger partial charge on any atom is -0.379 e. The number of nitrogens with one attached hydrogen (secondary N) is 1. The summed E-state index contributed by atoms with van der Waals surface area (Å²) in [6.07, 6.45) is 0. The van der Waals surface area contributed by atoms with E-state index in [0.717, 1.165) is 12.1 Å². The SMILES string of the molecule is CC(NC(=O)c1cccc(S(=O)(=O)N2CCOCC2)c1)c1ccc(F)cc1F. The van der Waals surface area contributed by atoms with Crippen molar-refractivity contribution in [2.75, 3.05) is 26.3 Å². The van der Waals surface area contributed by atoms with E-state index in [1.165, 1.54) is 34.6 Å². The Morgan fingerprint density at radius 1 is 1.14 bits per heavy atom. The molecule has 1 unspecified atom stereocenters. The molecule has 1 fully saturated rings. The van der Waals surface area contributed by atoms with Crippen LogP contribution in [0, 0.1) is 11.6 Å². The van der Waals surface area contributed by atoms with Gasteiger partial charge in [-0.1, -0.05) is 12.1 Å². The van der Waals surface area contributed by atoms with Crippen molar-refractivity contribution in [3.8, 4) is 0 Å². The van der Waals surface area contributed by atoms with Crippen LogP contribution in [0.15, 0.2) is 47.4 Å². The average Bonchev–Trinajstić information content (AvgIpc) is 2.68. The van der Waals surface area contributed by atoms with Gasteiger partial charge < -0.3 is 10.1 Å². The van der Waals surface area contributed by atoms with Crippen molar-refractivity contribution >= 4 is 15.9 Å². The minimum absolute atomic E-state index is 0.00247. The van der Waals surface area contributed by atoms with Crippen LogP contribution in [-0.2, 0) is 14.8 Å². The summed E-state index contributed by atoms with van der Waals surface area (Å²) in [6.45, 7) is 2.70. The van der Waals surface area contributed by atoms with E-state index in [2.05, 4.69) is 5.32 Å². The first-order chi connectivity index (χ1) is 13.3. The van der Waals surface area contributed by atoms with Crippen LogP contribution in [0.4, 0.5) is 8.78 Å². The van der Waals surface area contributed by atoms with Crippen LogP contribution >= 0.6 is 0 Å². The molecule has 28 heavy (non-hydrogen) atoms. The van der Waals surface area contributed by atoms with Crippen LogP contribution in [0.2, 0.25) is 0 Å². The summed E-state index contributed by atoms with van der Waals surface area (Å²) in [5, 5.41) is 2.60. The molecule has 2 aromatic carbocycles. The highest BCUT2D eigenvalue weighted by Crippen LogP contribution is 2.21. The molecule has 1 heterocycles. The highest BCUT2D eigenvalue weighted by atomic mass is 32.2. The second-order valence-corrected chi connectivity index (χ2v) is 8.34. The van der Waals surface area contributed by atoms with E-state index >= 15 is 0 Å². The lowest BCUT2D eigenvalue weighted by Crippen LogP contribution is -2.40. The van der Waals surface area contributed by atoms with Crippen molar-refractivity contribution in [1.82, 2.24) is 9.62 Å². The smallest absolute Gasteiger partial charge is 0.251 e. The Labute approximate surface area is 162 Å². The Balaban J connectivity index is 1.78. The average molecular weight is 410 g/mol. The standard InChI is InChI=1S/C19H20F2N2O4S/c1-13(17-6-5-15(20)12-18(17)21)22-19(24)14-3-2-4-16(11-14)28(25,26)23-7-9-27-10-8-23/h2-6,11-13H,7-10H2,1H3,(H,22,24). The Hall–Kier alpha value is -2.36. The maximum absolute atomic E-state index is 13.9. The molecule has 9 heteroatoms. The van der Waals surface area contributed by atoms with E-state index in [-0.39, 0.29) is 29.1 Å². The first-order valence-electron chi connectivity index (χ1n) is 8.73. The van der Waals surface area contributed by atoms with Gasteiger partial charge in [-0.15, -0.1) is 0 Å². The summed E-state index contributed by atoms with van der Waals surface area (Å²) in [5.41, 5.74) is 0.260. The second-order valence-electron chi connectivity index (χ2n) is 6.41. The number of carbonyl (C=O) groups is 1. The molecule has 0 aliphatic carbocycles. The van der Waals surface area contributed by atoms with Gasteiger partial charge in [0.15, 0.2) is 0 Å². The second kappa shape index (κ2) is 8.34. The lowest BCUT2D eigenvalue weighted by Gasteiger charge is -2.26. The number of amides is 1. The van der Waals surface area contributed by atoms with Crippen LogP contribution in [0.1, 0.15) is 28.9 Å². The Bertz CT molecular complexity index is 976. The van der Waals surface area contributed by atoms with Gasteiger partial charge in [0.2, 0.25) is 10.0 Å². The van der Waals surface area contributed by atoms with Crippen molar-refractivity contribution in [1.29, 1.82) is 0 Å². The molecule has 1 N–H and O–H groups in total. The number of ether oxygens (including phenoxy) is 1. The number of rotatable bonds is 5. The van der Waals surface area contributed by atoms with Crippen molar-refractivity contribution in [2.45, 2.75) is 17.9 Å². The molecule has 1 atom stereocenters. The zero-order chi connectivity index (χ0) is 20.3. The molecule has 1 aliphatic heterocycles. The van der Waals surface area contributed by atoms with Crippen LogP contribution in [0.5, 0.6) is 0 Å². The molecule has 0 radical (unpaired) electrons. The molecule has 3 rings (SSSR count). The molecule has 1 amide bonds. The number of carbonyl (C=O) groups excluding carboxylic acids is 1. The Morgan fingerprint density at radius 2 is 1.86 bits per heavy atom. The maximum Gasteiger partial charge on any atom is 0.251 e. The van der Waals surface area contributed by atoms with Crippen molar-refractivity contribution < 1.29 is 26.7 Å². The molecule has 1 saturated heterocycles. The summed E-state index contributed by atoms with van der Waals surface area (Å²) < 4.78 is 58.9.